The van der Waals surface area contributed by atoms with E-state index < -0.39 is 5.97 Å². The van der Waals surface area contributed by atoms with E-state index >= 15 is 0 Å². The first-order valence-electron chi connectivity index (χ1n) is 7.85. The number of nitrogens with zero attached hydrogens (tertiary/aromatic N) is 4. The molecular formula is C18H20N4O3. The highest BCUT2D eigenvalue weighted by Crippen LogP contribution is 2.23. The highest BCUT2D eigenvalue weighted by atomic mass is 16.5. The molecule has 7 nitrogen and oxygen atoms in total. The van der Waals surface area contributed by atoms with Gasteiger partial charge in [0.25, 0.3) is 0 Å². The Bertz CT molecular complexity index is 897. The lowest BCUT2D eigenvalue weighted by Gasteiger charge is -2.10. The third-order valence-electron chi connectivity index (χ3n) is 4.02. The van der Waals surface area contributed by atoms with Gasteiger partial charge < -0.3 is 9.47 Å². The van der Waals surface area contributed by atoms with Crippen LogP contribution in [0.4, 0.5) is 0 Å². The average Bonchev–Trinajstić information content (AvgIpc) is 3.20. The molecule has 2 aromatic heterocycles. The summed E-state index contributed by atoms with van der Waals surface area (Å²) in [5, 5.41) is 8.41. The van der Waals surface area contributed by atoms with Crippen molar-refractivity contribution in [1.82, 2.24) is 19.6 Å². The van der Waals surface area contributed by atoms with Crippen molar-refractivity contribution < 1.29 is 14.3 Å². The van der Waals surface area contributed by atoms with E-state index in [1.54, 1.807) is 24.9 Å². The van der Waals surface area contributed by atoms with E-state index in [4.69, 9.17) is 9.47 Å². The fourth-order valence-corrected chi connectivity index (χ4v) is 2.73. The Morgan fingerprint density at radius 3 is 2.72 bits per heavy atom. The zero-order valence-electron chi connectivity index (χ0n) is 14.7. The third kappa shape index (κ3) is 3.26. The van der Waals surface area contributed by atoms with Gasteiger partial charge in [-0.15, -0.1) is 0 Å². The van der Waals surface area contributed by atoms with Gasteiger partial charge in [-0.1, -0.05) is 6.07 Å². The number of benzene rings is 1. The number of rotatable bonds is 5. The highest BCUT2D eigenvalue weighted by Gasteiger charge is 2.22. The minimum absolute atomic E-state index is 0.182. The summed E-state index contributed by atoms with van der Waals surface area (Å²) in [6.45, 7) is 3.91. The molecule has 0 bridgehead atoms. The first-order valence-corrected chi connectivity index (χ1v) is 7.85. The number of hydrogen-bond donors (Lipinski definition) is 0. The SMILES string of the molecule is COc1c(C(=O)OCc2ccc(-n3cccn3)cc2C)c(C)nn1C. The van der Waals surface area contributed by atoms with Gasteiger partial charge >= 0.3 is 5.97 Å². The minimum atomic E-state index is -0.446. The quantitative estimate of drug-likeness (QED) is 0.668. The maximum absolute atomic E-state index is 12.4. The number of aromatic nitrogens is 4. The smallest absolute Gasteiger partial charge is 0.345 e. The van der Waals surface area contributed by atoms with Gasteiger partial charge in [0.15, 0.2) is 0 Å². The van der Waals surface area contributed by atoms with Crippen LogP contribution in [0.5, 0.6) is 5.88 Å². The standard InChI is InChI=1S/C18H20N4O3/c1-12-10-15(22-9-5-8-19-22)7-6-14(12)11-25-18(23)16-13(2)20-21(3)17(16)24-4/h5-10H,11H2,1-4H3. The number of esters is 1. The summed E-state index contributed by atoms with van der Waals surface area (Å²) >= 11 is 0. The van der Waals surface area contributed by atoms with Crippen LogP contribution in [0.25, 0.3) is 5.69 Å². The Hall–Kier alpha value is -3.09. The average molecular weight is 340 g/mol. The Morgan fingerprint density at radius 2 is 2.08 bits per heavy atom. The van der Waals surface area contributed by atoms with Gasteiger partial charge in [-0.05, 0) is 43.2 Å². The fourth-order valence-electron chi connectivity index (χ4n) is 2.73. The van der Waals surface area contributed by atoms with E-state index in [-0.39, 0.29) is 6.61 Å². The molecule has 3 aromatic rings. The number of ether oxygens (including phenoxy) is 2. The summed E-state index contributed by atoms with van der Waals surface area (Å²) in [6, 6.07) is 7.76. The van der Waals surface area contributed by atoms with Crippen LogP contribution in [-0.4, -0.2) is 32.6 Å². The van der Waals surface area contributed by atoms with Crippen molar-refractivity contribution in [2.45, 2.75) is 20.5 Å². The molecule has 7 heteroatoms. The number of carbonyl (C=O) groups is 1. The molecule has 2 heterocycles. The van der Waals surface area contributed by atoms with Crippen LogP contribution in [0, 0.1) is 13.8 Å². The lowest BCUT2D eigenvalue weighted by atomic mass is 10.1. The molecule has 0 fully saturated rings. The maximum Gasteiger partial charge on any atom is 0.345 e. The second-order valence-corrected chi connectivity index (χ2v) is 5.73. The molecule has 1 aromatic carbocycles. The summed E-state index contributed by atoms with van der Waals surface area (Å²) in [5.41, 5.74) is 3.86. The monoisotopic (exact) mass is 340 g/mol. The molecule has 0 spiro atoms. The van der Waals surface area contributed by atoms with Gasteiger partial charge in [0.2, 0.25) is 5.88 Å². The van der Waals surface area contributed by atoms with Crippen LogP contribution in [0.3, 0.4) is 0 Å². The predicted molar refractivity (Wildman–Crippen MR) is 91.9 cm³/mol. The van der Waals surface area contributed by atoms with Gasteiger partial charge in [-0.2, -0.15) is 10.2 Å². The van der Waals surface area contributed by atoms with E-state index in [0.717, 1.165) is 16.8 Å². The molecule has 0 saturated carbocycles. The lowest BCUT2D eigenvalue weighted by Crippen LogP contribution is -2.09. The molecule has 0 aliphatic heterocycles. The molecular weight excluding hydrogens is 320 g/mol. The molecule has 0 atom stereocenters. The molecule has 0 aliphatic carbocycles. The molecule has 0 unspecified atom stereocenters. The van der Waals surface area contributed by atoms with Crippen molar-refractivity contribution in [1.29, 1.82) is 0 Å². The molecule has 0 N–H and O–H groups in total. The van der Waals surface area contributed by atoms with Crippen molar-refractivity contribution in [3.63, 3.8) is 0 Å². The minimum Gasteiger partial charge on any atom is -0.481 e. The molecule has 0 aliphatic rings. The van der Waals surface area contributed by atoms with E-state index in [9.17, 15) is 4.79 Å². The maximum atomic E-state index is 12.4. The van der Waals surface area contributed by atoms with Crippen LogP contribution in [0.2, 0.25) is 0 Å². The van der Waals surface area contributed by atoms with E-state index in [1.165, 1.54) is 11.8 Å². The molecule has 130 valence electrons. The summed E-state index contributed by atoms with van der Waals surface area (Å²) in [5.74, 6) is -0.0498. The molecule has 0 amide bonds. The van der Waals surface area contributed by atoms with Crippen LogP contribution < -0.4 is 4.74 Å². The van der Waals surface area contributed by atoms with Crippen molar-refractivity contribution in [3.05, 3.63) is 59.0 Å². The van der Waals surface area contributed by atoms with Crippen LogP contribution in [0.1, 0.15) is 27.2 Å². The van der Waals surface area contributed by atoms with Gasteiger partial charge in [0, 0.05) is 19.4 Å². The molecule has 0 saturated heterocycles. The molecule has 3 rings (SSSR count). The Morgan fingerprint density at radius 1 is 1.28 bits per heavy atom. The van der Waals surface area contributed by atoms with Crippen LogP contribution in [-0.2, 0) is 18.4 Å². The van der Waals surface area contributed by atoms with E-state index in [1.807, 2.05) is 37.4 Å². The lowest BCUT2D eigenvalue weighted by molar-refractivity contribution is 0.0467. The first-order chi connectivity index (χ1) is 12.0. The Kier molecular flexibility index (Phi) is 4.56. The Balaban J connectivity index is 1.75. The van der Waals surface area contributed by atoms with Crippen molar-refractivity contribution in [2.75, 3.05) is 7.11 Å². The number of aryl methyl sites for hydroxylation is 3. The summed E-state index contributed by atoms with van der Waals surface area (Å²) in [7, 11) is 3.23. The van der Waals surface area contributed by atoms with Crippen molar-refractivity contribution in [3.8, 4) is 11.6 Å². The van der Waals surface area contributed by atoms with Crippen LogP contribution >= 0.6 is 0 Å². The van der Waals surface area contributed by atoms with E-state index in [0.29, 0.717) is 17.1 Å². The van der Waals surface area contributed by atoms with Gasteiger partial charge in [-0.3, -0.25) is 0 Å². The first kappa shape index (κ1) is 16.8. The summed E-state index contributed by atoms with van der Waals surface area (Å²) in [6.07, 6.45) is 3.61. The highest BCUT2D eigenvalue weighted by molar-refractivity contribution is 5.93. The summed E-state index contributed by atoms with van der Waals surface area (Å²) in [4.78, 5) is 12.4. The number of methoxy groups -OCH3 is 1. The molecule has 0 radical (unpaired) electrons. The van der Waals surface area contributed by atoms with E-state index in [2.05, 4.69) is 10.2 Å². The largest absolute Gasteiger partial charge is 0.481 e. The van der Waals surface area contributed by atoms with Crippen LogP contribution in [0.15, 0.2) is 36.7 Å². The van der Waals surface area contributed by atoms with Crippen molar-refractivity contribution in [2.24, 2.45) is 7.05 Å². The number of carbonyl (C=O) groups excluding carboxylic acids is 1. The zero-order valence-corrected chi connectivity index (χ0v) is 14.7. The topological polar surface area (TPSA) is 71.2 Å². The second kappa shape index (κ2) is 6.80. The number of hydrogen-bond acceptors (Lipinski definition) is 5. The third-order valence-corrected chi connectivity index (χ3v) is 4.02. The van der Waals surface area contributed by atoms with Crippen molar-refractivity contribution >= 4 is 5.97 Å². The molecule has 25 heavy (non-hydrogen) atoms. The van der Waals surface area contributed by atoms with Gasteiger partial charge in [0.1, 0.15) is 12.2 Å². The van der Waals surface area contributed by atoms with Gasteiger partial charge in [0.05, 0.1) is 18.5 Å². The van der Waals surface area contributed by atoms with Gasteiger partial charge in [-0.25, -0.2) is 14.2 Å². The fraction of sp³-hybridized carbons (Fsp3) is 0.278. The predicted octanol–water partition coefficient (Wildman–Crippen LogP) is 2.59. The normalized spacial score (nSPS) is 10.7. The second-order valence-electron chi connectivity index (χ2n) is 5.73. The summed E-state index contributed by atoms with van der Waals surface area (Å²) < 4.78 is 14.0. The zero-order chi connectivity index (χ0) is 18.0. The Labute approximate surface area is 145 Å².